The van der Waals surface area contributed by atoms with Crippen molar-refractivity contribution < 1.29 is 14.6 Å². The van der Waals surface area contributed by atoms with Gasteiger partial charge in [0.25, 0.3) is 0 Å². The predicted molar refractivity (Wildman–Crippen MR) is 98.9 cm³/mol. The number of rotatable bonds is 3. The van der Waals surface area contributed by atoms with Gasteiger partial charge in [-0.25, -0.2) is 4.79 Å². The quantitative estimate of drug-likeness (QED) is 0.303. The van der Waals surface area contributed by atoms with E-state index in [4.69, 9.17) is 11.6 Å². The number of unbranched alkanes of at least 4 members (excludes halogenated alkanes) is 1. The molecule has 0 bridgehead atoms. The molecule has 2 unspecified atom stereocenters. The number of carbonyl (C=O) groups is 1. The second-order valence-corrected chi connectivity index (χ2v) is 6.14. The van der Waals surface area contributed by atoms with Crippen LogP contribution in [0.5, 0.6) is 0 Å². The van der Waals surface area contributed by atoms with Crippen LogP contribution >= 0.6 is 34.2 Å². The number of hydrogen-bond donors (Lipinski definition) is 2. The summed E-state index contributed by atoms with van der Waals surface area (Å²) in [6, 6.07) is 0. The van der Waals surface area contributed by atoms with Crippen LogP contribution in [-0.2, 0) is 4.74 Å². The number of alkyl carbamates (subject to hydrolysis) is 1. The van der Waals surface area contributed by atoms with Crippen LogP contribution in [-0.4, -0.2) is 27.8 Å². The van der Waals surface area contributed by atoms with E-state index in [0.717, 1.165) is 12.8 Å². The van der Waals surface area contributed by atoms with Crippen molar-refractivity contribution in [1.82, 2.24) is 5.32 Å². The Morgan fingerprint density at radius 1 is 1.64 bits per heavy atom. The zero-order chi connectivity index (χ0) is 17.0. The SMILES string of the molecule is CC1C(Cl)=CC=CC1(C)O.CCCCNC(=O)OC#CCI. The number of nitrogens with one attached hydrogen (secondary N) is 1. The van der Waals surface area contributed by atoms with Crippen molar-refractivity contribution in [1.29, 1.82) is 0 Å². The van der Waals surface area contributed by atoms with E-state index in [9.17, 15) is 9.90 Å². The Bertz CT molecular complexity index is 464. The van der Waals surface area contributed by atoms with E-state index in [2.05, 4.69) is 51.6 Å². The van der Waals surface area contributed by atoms with Gasteiger partial charge in [0, 0.05) is 17.5 Å². The molecule has 1 amide bonds. The molecule has 0 aromatic rings. The third-order valence-electron chi connectivity index (χ3n) is 3.06. The fraction of sp³-hybridized carbons (Fsp3) is 0.562. The van der Waals surface area contributed by atoms with E-state index in [1.807, 2.05) is 13.0 Å². The highest BCUT2D eigenvalue weighted by Gasteiger charge is 2.29. The fourth-order valence-electron chi connectivity index (χ4n) is 1.42. The Labute approximate surface area is 151 Å². The number of alkyl halides is 1. The van der Waals surface area contributed by atoms with Crippen molar-refractivity contribution in [2.75, 3.05) is 11.0 Å². The monoisotopic (exact) mass is 439 g/mol. The largest absolute Gasteiger partial charge is 0.421 e. The minimum Gasteiger partial charge on any atom is -0.385 e. The number of ether oxygens (including phenoxy) is 1. The zero-order valence-corrected chi connectivity index (χ0v) is 16.1. The van der Waals surface area contributed by atoms with Crippen molar-refractivity contribution in [3.05, 3.63) is 23.3 Å². The van der Waals surface area contributed by atoms with Crippen LogP contribution in [0.1, 0.15) is 33.6 Å². The molecule has 0 spiro atoms. The first-order valence-corrected chi connectivity index (χ1v) is 9.01. The lowest BCUT2D eigenvalue weighted by Crippen LogP contribution is -2.31. The van der Waals surface area contributed by atoms with E-state index in [1.54, 1.807) is 19.1 Å². The standard InChI is InChI=1S/C8H11ClO.C8H12INO2/c1-6-7(9)4-3-5-8(6,2)10;1-2-3-6-10-8(11)12-7-4-5-9/h3-6,10H,1-2H3;2-3,5-6H2,1H3,(H,10,11). The van der Waals surface area contributed by atoms with Gasteiger partial charge in [-0.2, -0.15) is 0 Å². The van der Waals surface area contributed by atoms with Gasteiger partial charge in [-0.1, -0.05) is 66.6 Å². The average Bonchev–Trinajstić information content (AvgIpc) is 2.46. The van der Waals surface area contributed by atoms with Gasteiger partial charge >= 0.3 is 6.09 Å². The van der Waals surface area contributed by atoms with Crippen molar-refractivity contribution in [2.24, 2.45) is 5.92 Å². The van der Waals surface area contributed by atoms with Gasteiger partial charge in [-0.3, -0.25) is 0 Å². The van der Waals surface area contributed by atoms with Crippen molar-refractivity contribution >= 4 is 40.3 Å². The van der Waals surface area contributed by atoms with Gasteiger partial charge in [-0.15, -0.1) is 0 Å². The van der Waals surface area contributed by atoms with Gasteiger partial charge in [-0.05, 0) is 25.3 Å². The first kappa shape index (κ1) is 21.3. The maximum Gasteiger partial charge on any atom is 0.421 e. The summed E-state index contributed by atoms with van der Waals surface area (Å²) in [4.78, 5) is 10.8. The minimum atomic E-state index is -0.772. The first-order chi connectivity index (χ1) is 10.3. The number of aliphatic hydroxyl groups is 1. The molecular weight excluding hydrogens is 417 g/mol. The lowest BCUT2D eigenvalue weighted by molar-refractivity contribution is 0.0711. The molecule has 0 aromatic heterocycles. The predicted octanol–water partition coefficient (Wildman–Crippen LogP) is 3.97. The smallest absolute Gasteiger partial charge is 0.385 e. The maximum atomic E-state index is 10.8. The second kappa shape index (κ2) is 11.8. The number of hydrogen-bond acceptors (Lipinski definition) is 3. The number of halogens is 2. The summed E-state index contributed by atoms with van der Waals surface area (Å²) in [5.41, 5.74) is -0.772. The Kier molecular flexibility index (Phi) is 11.4. The van der Waals surface area contributed by atoms with Crippen LogP contribution in [0.2, 0.25) is 0 Å². The summed E-state index contributed by atoms with van der Waals surface area (Å²) in [5.74, 6) is 2.64. The highest BCUT2D eigenvalue weighted by atomic mass is 127. The molecule has 4 nitrogen and oxygen atoms in total. The van der Waals surface area contributed by atoms with Gasteiger partial charge < -0.3 is 15.2 Å². The molecule has 0 saturated carbocycles. The van der Waals surface area contributed by atoms with Gasteiger partial charge in [0.15, 0.2) is 0 Å². The summed E-state index contributed by atoms with van der Waals surface area (Å²) >= 11 is 7.89. The lowest BCUT2D eigenvalue weighted by atomic mass is 9.87. The van der Waals surface area contributed by atoms with E-state index in [-0.39, 0.29) is 5.92 Å². The van der Waals surface area contributed by atoms with E-state index in [0.29, 0.717) is 16.0 Å². The summed E-state index contributed by atoms with van der Waals surface area (Å²) in [5, 5.41) is 12.9. The third kappa shape index (κ3) is 9.34. The number of carbonyl (C=O) groups excluding carboxylic acids is 1. The number of allylic oxidation sites excluding steroid dienone is 2. The summed E-state index contributed by atoms with van der Waals surface area (Å²) in [6.45, 7) is 6.37. The molecule has 1 aliphatic carbocycles. The molecule has 0 fully saturated rings. The molecule has 0 saturated heterocycles. The lowest BCUT2D eigenvalue weighted by Gasteiger charge is -2.28. The second-order valence-electron chi connectivity index (χ2n) is 4.94. The Balaban J connectivity index is 0.000000406. The van der Waals surface area contributed by atoms with Crippen molar-refractivity contribution in [2.45, 2.75) is 39.2 Å². The first-order valence-electron chi connectivity index (χ1n) is 7.11. The van der Waals surface area contributed by atoms with E-state index >= 15 is 0 Å². The molecule has 22 heavy (non-hydrogen) atoms. The Hall–Kier alpha value is -0.710. The molecule has 6 heteroatoms. The number of amides is 1. The minimum absolute atomic E-state index is 0.0131. The molecule has 2 N–H and O–H groups in total. The topological polar surface area (TPSA) is 58.6 Å². The van der Waals surface area contributed by atoms with Crippen LogP contribution in [0.15, 0.2) is 23.3 Å². The molecule has 1 aliphatic rings. The molecule has 2 atom stereocenters. The van der Waals surface area contributed by atoms with Crippen LogP contribution in [0.25, 0.3) is 0 Å². The molecule has 0 radical (unpaired) electrons. The Morgan fingerprint density at radius 2 is 2.32 bits per heavy atom. The highest BCUT2D eigenvalue weighted by molar-refractivity contribution is 14.1. The molecule has 0 aromatic carbocycles. The normalized spacial score (nSPS) is 22.5. The van der Waals surface area contributed by atoms with Gasteiger partial charge in [0.1, 0.15) is 6.11 Å². The van der Waals surface area contributed by atoms with Crippen molar-refractivity contribution in [3.63, 3.8) is 0 Å². The average molecular weight is 440 g/mol. The summed E-state index contributed by atoms with van der Waals surface area (Å²) < 4.78 is 5.18. The molecule has 0 aliphatic heterocycles. The fourth-order valence-corrected chi connectivity index (χ4v) is 1.87. The van der Waals surface area contributed by atoms with E-state index < -0.39 is 11.7 Å². The summed E-state index contributed by atoms with van der Waals surface area (Å²) in [6.07, 6.45) is 9.20. The molecule has 1 rings (SSSR count). The van der Waals surface area contributed by atoms with E-state index in [1.165, 1.54) is 0 Å². The third-order valence-corrected chi connectivity index (χ3v) is 3.90. The van der Waals surface area contributed by atoms with Gasteiger partial charge in [0.05, 0.1) is 10.0 Å². The summed E-state index contributed by atoms with van der Waals surface area (Å²) in [7, 11) is 0. The highest BCUT2D eigenvalue weighted by Crippen LogP contribution is 2.31. The van der Waals surface area contributed by atoms with Crippen LogP contribution < -0.4 is 5.32 Å². The van der Waals surface area contributed by atoms with Crippen LogP contribution in [0, 0.1) is 17.9 Å². The molecule has 0 heterocycles. The molecule has 124 valence electrons. The van der Waals surface area contributed by atoms with Crippen molar-refractivity contribution in [3.8, 4) is 12.0 Å². The van der Waals surface area contributed by atoms with Crippen LogP contribution in [0.4, 0.5) is 4.79 Å². The maximum absolute atomic E-state index is 10.8. The Morgan fingerprint density at radius 3 is 2.82 bits per heavy atom. The zero-order valence-electron chi connectivity index (χ0n) is 13.2. The van der Waals surface area contributed by atoms with Crippen LogP contribution in [0.3, 0.4) is 0 Å². The molecular formula is C16H23ClINO3. The van der Waals surface area contributed by atoms with Gasteiger partial charge in [0.2, 0.25) is 0 Å².